The molecule has 43 heavy (non-hydrogen) atoms. The van der Waals surface area contributed by atoms with Crippen LogP contribution in [0.2, 0.25) is 0 Å². The normalized spacial score (nSPS) is 14.2. The van der Waals surface area contributed by atoms with Gasteiger partial charge in [-0.25, -0.2) is 24.3 Å². The first-order valence-electron chi connectivity index (χ1n) is 13.5. The highest BCUT2D eigenvalue weighted by Gasteiger charge is 2.28. The molecular weight excluding hydrogens is 551 g/mol. The number of halogens is 1. The fourth-order valence-electron chi connectivity index (χ4n) is 4.70. The number of hydrogen-bond acceptors (Lipinski definition) is 10. The van der Waals surface area contributed by atoms with E-state index in [2.05, 4.69) is 31.2 Å². The minimum Gasteiger partial charge on any atom is -0.489 e. The number of likely N-dealkylation sites (tertiary alicyclic amines) is 1. The maximum atomic E-state index is 14.3. The predicted molar refractivity (Wildman–Crippen MR) is 158 cm³/mol. The number of terminal acetylenes is 1. The van der Waals surface area contributed by atoms with E-state index in [0.29, 0.717) is 41.6 Å². The molecule has 1 aliphatic rings. The molecule has 1 saturated heterocycles. The van der Waals surface area contributed by atoms with E-state index in [1.54, 1.807) is 54.5 Å². The summed E-state index contributed by atoms with van der Waals surface area (Å²) in [6, 6.07) is 10.7. The molecule has 2 aromatic heterocycles. The number of ether oxygens (including phenoxy) is 2. The average molecular weight is 581 g/mol. The van der Waals surface area contributed by atoms with Gasteiger partial charge in [0.25, 0.3) is 5.91 Å². The first-order valence-corrected chi connectivity index (χ1v) is 13.5. The number of nitrogens with zero attached hydrogens (tertiary/aromatic N) is 5. The van der Waals surface area contributed by atoms with Crippen LogP contribution in [0.25, 0.3) is 0 Å². The largest absolute Gasteiger partial charge is 0.489 e. The van der Waals surface area contributed by atoms with E-state index >= 15 is 0 Å². The van der Waals surface area contributed by atoms with Gasteiger partial charge in [0.1, 0.15) is 53.5 Å². The van der Waals surface area contributed by atoms with Gasteiger partial charge in [0, 0.05) is 60.9 Å². The second-order valence-electron chi connectivity index (χ2n) is 9.85. The van der Waals surface area contributed by atoms with Crippen molar-refractivity contribution in [1.29, 1.82) is 5.41 Å². The Morgan fingerprint density at radius 1 is 1.14 bits per heavy atom. The van der Waals surface area contributed by atoms with Crippen LogP contribution in [-0.2, 0) is 11.4 Å². The monoisotopic (exact) mass is 580 g/mol. The average Bonchev–Trinajstić information content (AvgIpc) is 3.48. The van der Waals surface area contributed by atoms with E-state index in [0.717, 1.165) is 18.4 Å². The van der Waals surface area contributed by atoms with Crippen molar-refractivity contribution in [2.24, 2.45) is 0 Å². The Morgan fingerprint density at radius 2 is 1.88 bits per heavy atom. The quantitative estimate of drug-likeness (QED) is 0.186. The molecule has 0 radical (unpaired) electrons. The van der Waals surface area contributed by atoms with Crippen molar-refractivity contribution >= 4 is 23.3 Å². The molecule has 218 valence electrons. The Morgan fingerprint density at radius 3 is 2.63 bits per heavy atom. The third-order valence-corrected chi connectivity index (χ3v) is 6.86. The van der Waals surface area contributed by atoms with E-state index in [1.165, 1.54) is 18.5 Å². The number of rotatable bonds is 10. The number of nitrogen functional groups attached to an aromatic ring is 1. The zero-order valence-corrected chi connectivity index (χ0v) is 23.4. The van der Waals surface area contributed by atoms with Crippen LogP contribution in [0.1, 0.15) is 35.4 Å². The smallest absolute Gasteiger partial charge is 0.298 e. The summed E-state index contributed by atoms with van der Waals surface area (Å²) >= 11 is 0. The van der Waals surface area contributed by atoms with Crippen molar-refractivity contribution in [3.8, 4) is 29.6 Å². The minimum absolute atomic E-state index is 0.0939. The zero-order valence-electron chi connectivity index (χ0n) is 23.4. The summed E-state index contributed by atoms with van der Waals surface area (Å²) in [5, 5.41) is 12.1. The second kappa shape index (κ2) is 12.9. The third-order valence-electron chi connectivity index (χ3n) is 6.86. The highest BCUT2D eigenvalue weighted by atomic mass is 19.1. The molecule has 0 bridgehead atoms. The summed E-state index contributed by atoms with van der Waals surface area (Å²) in [6.07, 6.45) is 11.6. The molecule has 12 heteroatoms. The van der Waals surface area contributed by atoms with Crippen LogP contribution in [0.15, 0.2) is 61.2 Å². The Bertz CT molecular complexity index is 1670. The molecule has 4 aromatic rings. The Kier molecular flexibility index (Phi) is 8.71. The SMILES string of the molecule is C#CC(=O)N1CCCC1CNc1ncnc(N)c1C(=N)c1ccc(Oc2cc(F)cc(OCc3cnc(C)nc3)c2)cc1. The molecular formula is C31H29FN8O3. The molecule has 4 N–H and O–H groups in total. The van der Waals surface area contributed by atoms with Crippen LogP contribution >= 0.6 is 0 Å². The zero-order chi connectivity index (χ0) is 30.3. The lowest BCUT2D eigenvalue weighted by molar-refractivity contribution is -0.125. The van der Waals surface area contributed by atoms with E-state index in [4.69, 9.17) is 27.0 Å². The van der Waals surface area contributed by atoms with Crippen molar-refractivity contribution in [2.45, 2.75) is 32.4 Å². The van der Waals surface area contributed by atoms with Crippen LogP contribution in [0.5, 0.6) is 17.2 Å². The number of carbonyl (C=O) groups excluding carboxylic acids is 1. The summed E-state index contributed by atoms with van der Waals surface area (Å²) in [5.41, 5.74) is 7.87. The molecule has 11 nitrogen and oxygen atoms in total. The first kappa shape index (κ1) is 28.9. The topological polar surface area (TPSA) is 152 Å². The molecule has 3 heterocycles. The second-order valence-corrected chi connectivity index (χ2v) is 9.85. The molecule has 1 aliphatic heterocycles. The summed E-state index contributed by atoms with van der Waals surface area (Å²) < 4.78 is 25.9. The van der Waals surface area contributed by atoms with Crippen LogP contribution in [0.3, 0.4) is 0 Å². The van der Waals surface area contributed by atoms with Crippen molar-refractivity contribution in [1.82, 2.24) is 24.8 Å². The number of anilines is 2. The van der Waals surface area contributed by atoms with Crippen LogP contribution in [-0.4, -0.2) is 55.6 Å². The number of aromatic nitrogens is 4. The van der Waals surface area contributed by atoms with Gasteiger partial charge in [0.15, 0.2) is 0 Å². The van der Waals surface area contributed by atoms with E-state index in [1.807, 2.05) is 0 Å². The minimum atomic E-state index is -0.519. The Balaban J connectivity index is 1.26. The third kappa shape index (κ3) is 7.02. The van der Waals surface area contributed by atoms with Gasteiger partial charge in [-0.15, -0.1) is 6.42 Å². The van der Waals surface area contributed by atoms with Crippen molar-refractivity contribution < 1.29 is 18.7 Å². The lowest BCUT2D eigenvalue weighted by Crippen LogP contribution is -2.39. The number of hydrogen-bond donors (Lipinski definition) is 3. The fourth-order valence-corrected chi connectivity index (χ4v) is 4.70. The van der Waals surface area contributed by atoms with Gasteiger partial charge in [0.05, 0.1) is 11.3 Å². The van der Waals surface area contributed by atoms with E-state index in [9.17, 15) is 9.18 Å². The standard InChI is InChI=1S/C31H29FN8O3/c1-3-27(41)40-10-4-5-23(40)16-37-31-28(30(34)38-18-39-31)29(33)21-6-8-24(9-7-21)43-26-12-22(32)11-25(13-26)42-17-20-14-35-19(2)36-15-20/h1,6-9,11-15,18,23,33H,4-5,10,16-17H2,2H3,(H3,34,37,38,39). The number of nitrogens with one attached hydrogen (secondary N) is 2. The predicted octanol–water partition coefficient (Wildman–Crippen LogP) is 4.12. The number of benzene rings is 2. The highest BCUT2D eigenvalue weighted by Crippen LogP contribution is 2.29. The first-order chi connectivity index (χ1) is 20.8. The van der Waals surface area contributed by atoms with Gasteiger partial charge in [0.2, 0.25) is 0 Å². The fraction of sp³-hybridized carbons (Fsp3) is 0.226. The van der Waals surface area contributed by atoms with Gasteiger partial charge in [-0.3, -0.25) is 10.2 Å². The van der Waals surface area contributed by atoms with Crippen molar-refractivity contribution in [3.63, 3.8) is 0 Å². The van der Waals surface area contributed by atoms with Crippen LogP contribution in [0, 0.1) is 30.5 Å². The number of aryl methyl sites for hydroxylation is 1. The van der Waals surface area contributed by atoms with Gasteiger partial charge < -0.3 is 25.4 Å². The molecule has 2 aromatic carbocycles. The maximum absolute atomic E-state index is 14.3. The summed E-state index contributed by atoms with van der Waals surface area (Å²) in [6.45, 7) is 2.96. The highest BCUT2D eigenvalue weighted by molar-refractivity contribution is 6.16. The van der Waals surface area contributed by atoms with Gasteiger partial charge >= 0.3 is 0 Å². The lowest BCUT2D eigenvalue weighted by atomic mass is 10.0. The lowest BCUT2D eigenvalue weighted by Gasteiger charge is -2.23. The maximum Gasteiger partial charge on any atom is 0.298 e. The number of nitrogens with two attached hydrogens (primary N) is 1. The molecule has 5 rings (SSSR count). The van der Waals surface area contributed by atoms with Crippen LogP contribution < -0.4 is 20.5 Å². The molecule has 0 spiro atoms. The Hall–Kier alpha value is -5.57. The molecule has 0 saturated carbocycles. The van der Waals surface area contributed by atoms with Gasteiger partial charge in [-0.2, -0.15) is 0 Å². The molecule has 1 atom stereocenters. The van der Waals surface area contributed by atoms with Crippen molar-refractivity contribution in [3.05, 3.63) is 89.5 Å². The number of amides is 1. The molecule has 0 aliphatic carbocycles. The van der Waals surface area contributed by atoms with Gasteiger partial charge in [-0.05, 0) is 50.0 Å². The summed E-state index contributed by atoms with van der Waals surface area (Å²) in [4.78, 5) is 30.3. The molecule has 1 amide bonds. The summed E-state index contributed by atoms with van der Waals surface area (Å²) in [5.74, 6) is 3.43. The van der Waals surface area contributed by atoms with Crippen LogP contribution in [0.4, 0.5) is 16.0 Å². The molecule has 1 unspecified atom stereocenters. The van der Waals surface area contributed by atoms with E-state index < -0.39 is 5.82 Å². The number of carbonyl (C=O) groups is 1. The Labute approximate surface area is 247 Å². The van der Waals surface area contributed by atoms with E-state index in [-0.39, 0.29) is 41.6 Å². The van der Waals surface area contributed by atoms with Crippen molar-refractivity contribution in [2.75, 3.05) is 24.1 Å². The summed E-state index contributed by atoms with van der Waals surface area (Å²) in [7, 11) is 0. The molecule has 1 fully saturated rings. The van der Waals surface area contributed by atoms with Gasteiger partial charge in [-0.1, -0.05) is 0 Å².